The predicted octanol–water partition coefficient (Wildman–Crippen LogP) is 1.47. The van der Waals surface area contributed by atoms with Gasteiger partial charge in [-0.25, -0.2) is 9.18 Å². The normalized spacial score (nSPS) is 11.8. The summed E-state index contributed by atoms with van der Waals surface area (Å²) in [7, 11) is 0. The maximum atomic E-state index is 12.9. The predicted molar refractivity (Wildman–Crippen MR) is 75.4 cm³/mol. The number of carboxylic acids is 1. The first-order chi connectivity index (χ1) is 9.43. The van der Waals surface area contributed by atoms with Crippen molar-refractivity contribution < 1.29 is 19.1 Å². The zero-order valence-electron chi connectivity index (χ0n) is 10.6. The molecule has 2 N–H and O–H groups in total. The molecule has 0 unspecified atom stereocenters. The second-order valence-corrected chi connectivity index (χ2v) is 5.27. The molecule has 1 aromatic rings. The Balaban J connectivity index is 2.60. The molecule has 0 radical (unpaired) electrons. The molecule has 0 bridgehead atoms. The highest BCUT2D eigenvalue weighted by molar-refractivity contribution is 7.98. The van der Waals surface area contributed by atoms with E-state index in [2.05, 4.69) is 10.6 Å². The van der Waals surface area contributed by atoms with Crippen molar-refractivity contribution in [1.82, 2.24) is 5.32 Å². The van der Waals surface area contributed by atoms with Crippen molar-refractivity contribution in [2.75, 3.05) is 17.3 Å². The number of urea groups is 1. The molecule has 0 aliphatic carbocycles. The second kappa shape index (κ2) is 7.96. The summed E-state index contributed by atoms with van der Waals surface area (Å²) in [5.74, 6) is -1.39. The summed E-state index contributed by atoms with van der Waals surface area (Å²) in [6.07, 6.45) is 2.08. The largest absolute Gasteiger partial charge is 0.548 e. The Bertz CT molecular complexity index is 502. The maximum absolute atomic E-state index is 12.9. The van der Waals surface area contributed by atoms with Gasteiger partial charge in [-0.3, -0.25) is 0 Å². The zero-order chi connectivity index (χ0) is 15.1. The Labute approximate surface area is 124 Å². The molecule has 0 spiro atoms. The summed E-state index contributed by atoms with van der Waals surface area (Å²) in [5, 5.41) is 15.4. The zero-order valence-corrected chi connectivity index (χ0v) is 12.2. The van der Waals surface area contributed by atoms with E-state index in [-0.39, 0.29) is 17.1 Å². The quantitative estimate of drug-likeness (QED) is 0.832. The van der Waals surface area contributed by atoms with Gasteiger partial charge in [-0.15, -0.1) is 0 Å². The Morgan fingerprint density at radius 3 is 2.75 bits per heavy atom. The number of amides is 2. The lowest BCUT2D eigenvalue weighted by molar-refractivity contribution is -0.308. The van der Waals surface area contributed by atoms with E-state index in [0.717, 1.165) is 6.07 Å². The Morgan fingerprint density at radius 2 is 2.20 bits per heavy atom. The number of carbonyl (C=O) groups is 2. The van der Waals surface area contributed by atoms with Crippen LogP contribution in [0.2, 0.25) is 5.02 Å². The van der Waals surface area contributed by atoms with E-state index in [1.54, 1.807) is 0 Å². The van der Waals surface area contributed by atoms with Gasteiger partial charge in [0.15, 0.2) is 0 Å². The summed E-state index contributed by atoms with van der Waals surface area (Å²) in [5.41, 5.74) is 0.260. The standard InChI is InChI=1S/C12H14ClFN2O3S/c1-20-5-4-10(11(17)18)16-12(19)15-7-2-3-9(14)8(13)6-7/h2-3,6,10H,4-5H2,1H3,(H,17,18)(H2,15,16,19)/p-1/t10-/m0/s1. The fraction of sp³-hybridized carbons (Fsp3) is 0.333. The summed E-state index contributed by atoms with van der Waals surface area (Å²) >= 11 is 7.03. The third-order valence-electron chi connectivity index (χ3n) is 2.38. The molecule has 20 heavy (non-hydrogen) atoms. The smallest absolute Gasteiger partial charge is 0.319 e. The van der Waals surface area contributed by atoms with E-state index in [1.807, 2.05) is 6.26 Å². The van der Waals surface area contributed by atoms with Crippen LogP contribution in [0.1, 0.15) is 6.42 Å². The molecule has 110 valence electrons. The van der Waals surface area contributed by atoms with E-state index in [9.17, 15) is 19.1 Å². The molecular weight excluding hydrogens is 307 g/mol. The minimum absolute atomic E-state index is 0.137. The number of halogens is 2. The van der Waals surface area contributed by atoms with Crippen LogP contribution in [0.15, 0.2) is 18.2 Å². The SMILES string of the molecule is CSCC[C@H](NC(=O)Nc1ccc(F)c(Cl)c1)C(=O)[O-]. The fourth-order valence-corrected chi connectivity index (χ4v) is 2.04. The highest BCUT2D eigenvalue weighted by Crippen LogP contribution is 2.19. The van der Waals surface area contributed by atoms with Gasteiger partial charge in [-0.1, -0.05) is 11.6 Å². The second-order valence-electron chi connectivity index (χ2n) is 3.88. The van der Waals surface area contributed by atoms with Gasteiger partial charge >= 0.3 is 6.03 Å². The number of hydrogen-bond acceptors (Lipinski definition) is 4. The van der Waals surface area contributed by atoms with Crippen molar-refractivity contribution in [3.8, 4) is 0 Å². The topological polar surface area (TPSA) is 81.3 Å². The van der Waals surface area contributed by atoms with Crippen molar-refractivity contribution >= 4 is 41.1 Å². The summed E-state index contributed by atoms with van der Waals surface area (Å²) in [6, 6.07) is 1.84. The minimum atomic E-state index is -1.36. The molecule has 0 aliphatic rings. The number of thioether (sulfide) groups is 1. The molecule has 0 saturated heterocycles. The first-order valence-electron chi connectivity index (χ1n) is 5.66. The first-order valence-corrected chi connectivity index (χ1v) is 7.43. The van der Waals surface area contributed by atoms with Crippen molar-refractivity contribution in [3.63, 3.8) is 0 Å². The van der Waals surface area contributed by atoms with Crippen molar-refractivity contribution in [3.05, 3.63) is 29.0 Å². The number of hydrogen-bond donors (Lipinski definition) is 2. The number of benzene rings is 1. The lowest BCUT2D eigenvalue weighted by Crippen LogP contribution is -2.49. The van der Waals surface area contributed by atoms with Crippen LogP contribution >= 0.6 is 23.4 Å². The van der Waals surface area contributed by atoms with Gasteiger partial charge in [0.05, 0.1) is 17.0 Å². The van der Waals surface area contributed by atoms with E-state index >= 15 is 0 Å². The van der Waals surface area contributed by atoms with E-state index in [4.69, 9.17) is 11.6 Å². The summed E-state index contributed by atoms with van der Waals surface area (Å²) < 4.78 is 12.9. The number of carboxylic acid groups (broad SMARTS) is 1. The van der Waals surface area contributed by atoms with Crippen LogP contribution < -0.4 is 15.7 Å². The molecule has 1 atom stereocenters. The van der Waals surface area contributed by atoms with Gasteiger partial charge in [0.1, 0.15) is 5.82 Å². The highest BCUT2D eigenvalue weighted by atomic mass is 35.5. The monoisotopic (exact) mass is 319 g/mol. The number of aliphatic carboxylic acids is 1. The molecule has 1 aromatic carbocycles. The van der Waals surface area contributed by atoms with E-state index < -0.39 is 23.9 Å². The summed E-state index contributed by atoms with van der Waals surface area (Å²) in [4.78, 5) is 22.5. The van der Waals surface area contributed by atoms with Gasteiger partial charge in [0.25, 0.3) is 0 Å². The van der Waals surface area contributed by atoms with E-state index in [1.165, 1.54) is 23.9 Å². The third-order valence-corrected chi connectivity index (χ3v) is 3.31. The van der Waals surface area contributed by atoms with Crippen LogP contribution in [0.4, 0.5) is 14.9 Å². The number of nitrogens with one attached hydrogen (secondary N) is 2. The molecule has 8 heteroatoms. The van der Waals surface area contributed by atoms with Gasteiger partial charge < -0.3 is 20.5 Å². The molecule has 5 nitrogen and oxygen atoms in total. The molecule has 0 aliphatic heterocycles. The number of rotatable bonds is 6. The van der Waals surface area contributed by atoms with Crippen molar-refractivity contribution in [2.24, 2.45) is 0 Å². The van der Waals surface area contributed by atoms with Crippen LogP contribution in [0, 0.1) is 5.82 Å². The fourth-order valence-electron chi connectivity index (χ4n) is 1.38. The van der Waals surface area contributed by atoms with Gasteiger partial charge in [0.2, 0.25) is 0 Å². The lowest BCUT2D eigenvalue weighted by atomic mass is 10.2. The third kappa shape index (κ3) is 5.26. The first kappa shape index (κ1) is 16.6. The van der Waals surface area contributed by atoms with Gasteiger partial charge in [-0.05, 0) is 36.6 Å². The highest BCUT2D eigenvalue weighted by Gasteiger charge is 2.13. The minimum Gasteiger partial charge on any atom is -0.548 e. The van der Waals surface area contributed by atoms with E-state index in [0.29, 0.717) is 5.75 Å². The average molecular weight is 320 g/mol. The van der Waals surface area contributed by atoms with Crippen LogP contribution in [-0.2, 0) is 4.79 Å². The molecule has 0 aromatic heterocycles. The van der Waals surface area contributed by atoms with Crippen LogP contribution in [0.3, 0.4) is 0 Å². The summed E-state index contributed by atoms with van der Waals surface area (Å²) in [6.45, 7) is 0. The molecule has 0 fully saturated rings. The molecule has 0 saturated carbocycles. The maximum Gasteiger partial charge on any atom is 0.319 e. The Kier molecular flexibility index (Phi) is 6.60. The van der Waals surface area contributed by atoms with Crippen LogP contribution in [0.5, 0.6) is 0 Å². The van der Waals surface area contributed by atoms with Gasteiger partial charge in [-0.2, -0.15) is 11.8 Å². The van der Waals surface area contributed by atoms with Crippen molar-refractivity contribution in [1.29, 1.82) is 0 Å². The number of anilines is 1. The Hall–Kier alpha value is -1.47. The molecular formula is C12H13ClFN2O3S-. The van der Waals surface area contributed by atoms with Crippen LogP contribution in [0.25, 0.3) is 0 Å². The Morgan fingerprint density at radius 1 is 1.50 bits per heavy atom. The lowest BCUT2D eigenvalue weighted by Gasteiger charge is -2.19. The number of carbonyl (C=O) groups excluding carboxylic acids is 2. The molecule has 2 amide bonds. The average Bonchev–Trinajstić information content (AvgIpc) is 2.38. The van der Waals surface area contributed by atoms with Crippen molar-refractivity contribution in [2.45, 2.75) is 12.5 Å². The van der Waals surface area contributed by atoms with Crippen LogP contribution in [-0.4, -0.2) is 30.1 Å². The molecule has 0 heterocycles. The van der Waals surface area contributed by atoms with Gasteiger partial charge in [0, 0.05) is 5.69 Å². The molecule has 1 rings (SSSR count).